The maximum Gasteiger partial charge on any atom is 0.124 e. The van der Waals surface area contributed by atoms with Crippen molar-refractivity contribution in [3.63, 3.8) is 0 Å². The molecule has 0 aromatic heterocycles. The van der Waals surface area contributed by atoms with Gasteiger partial charge in [-0.15, -0.1) is 0 Å². The third-order valence-corrected chi connectivity index (χ3v) is 4.57. The van der Waals surface area contributed by atoms with Crippen molar-refractivity contribution in [1.29, 1.82) is 0 Å². The van der Waals surface area contributed by atoms with Crippen LogP contribution in [0.15, 0.2) is 18.2 Å². The van der Waals surface area contributed by atoms with Crippen LogP contribution in [0.1, 0.15) is 25.5 Å². The van der Waals surface area contributed by atoms with Crippen molar-refractivity contribution in [2.75, 3.05) is 46.9 Å². The van der Waals surface area contributed by atoms with E-state index in [1.165, 1.54) is 0 Å². The molecule has 1 heterocycles. The lowest BCUT2D eigenvalue weighted by molar-refractivity contribution is 0.0236. The molecule has 6 heteroatoms. The molecule has 1 aromatic carbocycles. The lowest BCUT2D eigenvalue weighted by atomic mass is 10.1. The predicted octanol–water partition coefficient (Wildman–Crippen LogP) is 1.12. The fourth-order valence-corrected chi connectivity index (χ4v) is 3.29. The number of aliphatic hydroxyl groups excluding tert-OH is 2. The first-order valence-corrected chi connectivity index (χ1v) is 8.49. The molecule has 1 aromatic rings. The van der Waals surface area contributed by atoms with Crippen molar-refractivity contribution in [1.82, 2.24) is 9.80 Å². The van der Waals surface area contributed by atoms with Crippen LogP contribution in [0.2, 0.25) is 0 Å². The van der Waals surface area contributed by atoms with Crippen LogP contribution in [0.3, 0.4) is 0 Å². The van der Waals surface area contributed by atoms with Gasteiger partial charge in [0.25, 0.3) is 0 Å². The molecule has 1 saturated heterocycles. The zero-order chi connectivity index (χ0) is 17.7. The van der Waals surface area contributed by atoms with Crippen LogP contribution in [-0.2, 0) is 0 Å². The van der Waals surface area contributed by atoms with Gasteiger partial charge in [0.15, 0.2) is 0 Å². The molecule has 0 amide bonds. The molecule has 2 N–H and O–H groups in total. The fourth-order valence-electron chi connectivity index (χ4n) is 3.29. The second kappa shape index (κ2) is 8.67. The standard InChI is InChI=1S/C18H30N2O4/c1-13-10-19(7-8-20(13)11-14(2)21)12-17(22)16-9-15(23-3)5-6-18(16)24-4/h5-6,9,13-14,17,21-22H,7-8,10-12H2,1-4H3. The first-order chi connectivity index (χ1) is 11.4. The van der Waals surface area contributed by atoms with E-state index in [0.29, 0.717) is 30.6 Å². The van der Waals surface area contributed by atoms with Crippen molar-refractivity contribution in [2.45, 2.75) is 32.1 Å². The summed E-state index contributed by atoms with van der Waals surface area (Å²) >= 11 is 0. The van der Waals surface area contributed by atoms with Crippen molar-refractivity contribution in [3.05, 3.63) is 23.8 Å². The van der Waals surface area contributed by atoms with E-state index < -0.39 is 6.10 Å². The molecule has 1 aliphatic rings. The maximum absolute atomic E-state index is 10.7. The SMILES string of the molecule is COc1ccc(OC)c(C(O)CN2CCN(CC(C)O)C(C)C2)c1. The number of piperazine rings is 1. The summed E-state index contributed by atoms with van der Waals surface area (Å²) in [6.45, 7) is 7.87. The number of aliphatic hydroxyl groups is 2. The van der Waals surface area contributed by atoms with E-state index in [4.69, 9.17) is 9.47 Å². The number of β-amino-alcohol motifs (C(OH)–C–C–N with tert-alkyl or cyclic N) is 2. The van der Waals surface area contributed by atoms with Gasteiger partial charge in [0.1, 0.15) is 11.5 Å². The Balaban J connectivity index is 1.99. The number of hydrogen-bond donors (Lipinski definition) is 2. The molecule has 0 radical (unpaired) electrons. The summed E-state index contributed by atoms with van der Waals surface area (Å²) in [4.78, 5) is 4.55. The van der Waals surface area contributed by atoms with Gasteiger partial charge in [-0.1, -0.05) is 0 Å². The predicted molar refractivity (Wildman–Crippen MR) is 93.7 cm³/mol. The average molecular weight is 338 g/mol. The molecule has 0 bridgehead atoms. The van der Waals surface area contributed by atoms with E-state index in [1.54, 1.807) is 14.2 Å². The van der Waals surface area contributed by atoms with E-state index >= 15 is 0 Å². The number of ether oxygens (including phenoxy) is 2. The molecule has 3 atom stereocenters. The molecule has 1 fully saturated rings. The van der Waals surface area contributed by atoms with E-state index in [2.05, 4.69) is 16.7 Å². The smallest absolute Gasteiger partial charge is 0.124 e. The molecule has 0 saturated carbocycles. The van der Waals surface area contributed by atoms with Crippen LogP contribution < -0.4 is 9.47 Å². The molecule has 136 valence electrons. The Hall–Kier alpha value is -1.34. The van der Waals surface area contributed by atoms with Gasteiger partial charge in [0, 0.05) is 44.3 Å². The highest BCUT2D eigenvalue weighted by atomic mass is 16.5. The summed E-state index contributed by atoms with van der Waals surface area (Å²) in [5.74, 6) is 1.38. The number of rotatable bonds is 7. The normalized spacial score (nSPS) is 22.2. The minimum atomic E-state index is -0.634. The second-order valence-electron chi connectivity index (χ2n) is 6.58. The maximum atomic E-state index is 10.7. The van der Waals surface area contributed by atoms with Gasteiger partial charge in [-0.3, -0.25) is 9.80 Å². The quantitative estimate of drug-likeness (QED) is 0.777. The Labute approximate surface area is 144 Å². The van der Waals surface area contributed by atoms with Crippen LogP contribution in [-0.4, -0.2) is 79.1 Å². The van der Waals surface area contributed by atoms with Crippen LogP contribution in [0.4, 0.5) is 0 Å². The van der Waals surface area contributed by atoms with E-state index in [-0.39, 0.29) is 6.10 Å². The third-order valence-electron chi connectivity index (χ3n) is 4.57. The summed E-state index contributed by atoms with van der Waals surface area (Å²) < 4.78 is 10.6. The van der Waals surface area contributed by atoms with Crippen molar-refractivity contribution in [3.8, 4) is 11.5 Å². The topological polar surface area (TPSA) is 65.4 Å². The molecule has 2 rings (SSSR count). The Bertz CT molecular complexity index is 524. The van der Waals surface area contributed by atoms with Crippen LogP contribution in [0.5, 0.6) is 11.5 Å². The second-order valence-corrected chi connectivity index (χ2v) is 6.58. The van der Waals surface area contributed by atoms with Crippen LogP contribution in [0, 0.1) is 0 Å². The highest BCUT2D eigenvalue weighted by molar-refractivity contribution is 5.41. The number of hydrogen-bond acceptors (Lipinski definition) is 6. The van der Waals surface area contributed by atoms with Gasteiger partial charge in [-0.2, -0.15) is 0 Å². The van der Waals surface area contributed by atoms with Crippen LogP contribution >= 0.6 is 0 Å². The summed E-state index contributed by atoms with van der Waals surface area (Å²) in [6, 6.07) is 5.83. The lowest BCUT2D eigenvalue weighted by Gasteiger charge is -2.41. The minimum Gasteiger partial charge on any atom is -0.497 e. The molecule has 0 spiro atoms. The van der Waals surface area contributed by atoms with Gasteiger partial charge in [0.2, 0.25) is 0 Å². The van der Waals surface area contributed by atoms with Crippen molar-refractivity contribution in [2.24, 2.45) is 0 Å². The van der Waals surface area contributed by atoms with Gasteiger partial charge < -0.3 is 19.7 Å². The summed E-state index contributed by atoms with van der Waals surface area (Å²) in [6.07, 6.45) is -0.948. The highest BCUT2D eigenvalue weighted by Crippen LogP contribution is 2.30. The highest BCUT2D eigenvalue weighted by Gasteiger charge is 2.26. The first kappa shape index (κ1) is 19.0. The monoisotopic (exact) mass is 338 g/mol. The first-order valence-electron chi connectivity index (χ1n) is 8.49. The summed E-state index contributed by atoms with van der Waals surface area (Å²) in [5, 5.41) is 20.2. The number of nitrogens with zero attached hydrogens (tertiary/aromatic N) is 2. The molecule has 3 unspecified atom stereocenters. The molecule has 24 heavy (non-hydrogen) atoms. The minimum absolute atomic E-state index is 0.314. The molecular weight excluding hydrogens is 308 g/mol. The Morgan fingerprint density at radius 1 is 1.17 bits per heavy atom. The van der Waals surface area contributed by atoms with Gasteiger partial charge in [-0.05, 0) is 32.0 Å². The summed E-state index contributed by atoms with van der Waals surface area (Å²) in [7, 11) is 3.22. The molecular formula is C18H30N2O4. The van der Waals surface area contributed by atoms with Crippen LogP contribution in [0.25, 0.3) is 0 Å². The number of methoxy groups -OCH3 is 2. The van der Waals surface area contributed by atoms with E-state index in [0.717, 1.165) is 25.2 Å². The largest absolute Gasteiger partial charge is 0.497 e. The lowest BCUT2D eigenvalue weighted by Crippen LogP contribution is -2.54. The zero-order valence-electron chi connectivity index (χ0n) is 15.1. The zero-order valence-corrected chi connectivity index (χ0v) is 15.1. The van der Waals surface area contributed by atoms with E-state index in [9.17, 15) is 10.2 Å². The summed E-state index contributed by atoms with van der Waals surface area (Å²) in [5.41, 5.74) is 0.746. The third kappa shape index (κ3) is 4.83. The van der Waals surface area contributed by atoms with Gasteiger partial charge in [-0.25, -0.2) is 0 Å². The fraction of sp³-hybridized carbons (Fsp3) is 0.667. The molecule has 0 aliphatic carbocycles. The Morgan fingerprint density at radius 2 is 1.92 bits per heavy atom. The molecule has 1 aliphatic heterocycles. The average Bonchev–Trinajstić information content (AvgIpc) is 2.56. The van der Waals surface area contributed by atoms with E-state index in [1.807, 2.05) is 25.1 Å². The Kier molecular flexibility index (Phi) is 6.86. The van der Waals surface area contributed by atoms with Gasteiger partial charge >= 0.3 is 0 Å². The number of benzene rings is 1. The van der Waals surface area contributed by atoms with Crippen molar-refractivity contribution < 1.29 is 19.7 Å². The van der Waals surface area contributed by atoms with Gasteiger partial charge in [0.05, 0.1) is 26.4 Å². The Morgan fingerprint density at radius 3 is 2.50 bits per heavy atom. The molecule has 6 nitrogen and oxygen atoms in total. The van der Waals surface area contributed by atoms with Crippen molar-refractivity contribution >= 4 is 0 Å².